The largest absolute Gasteiger partial charge is 0.346 e. The van der Waals surface area contributed by atoms with Crippen molar-refractivity contribution in [3.63, 3.8) is 0 Å². The molecule has 0 bridgehead atoms. The van der Waals surface area contributed by atoms with E-state index in [4.69, 9.17) is 5.26 Å². The summed E-state index contributed by atoms with van der Waals surface area (Å²) < 4.78 is 29.0. The predicted octanol–water partition coefficient (Wildman–Crippen LogP) is 2.05. The number of aromatic nitrogens is 1. The Balaban J connectivity index is 1.78. The number of hydrogen-bond donors (Lipinski definition) is 2. The van der Waals surface area contributed by atoms with Gasteiger partial charge in [-0.1, -0.05) is 6.07 Å². The second-order valence-corrected chi connectivity index (χ2v) is 7.42. The van der Waals surface area contributed by atoms with Gasteiger partial charge >= 0.3 is 0 Å². The van der Waals surface area contributed by atoms with E-state index in [2.05, 4.69) is 10.3 Å². The third-order valence-corrected chi connectivity index (χ3v) is 5.40. The molecule has 1 aromatic heterocycles. The third-order valence-electron chi connectivity index (χ3n) is 5.40. The molecule has 3 unspecified atom stereocenters. The number of pyridine rings is 1. The number of carbonyl (C=O) groups is 1. The lowest BCUT2D eigenvalue weighted by Crippen LogP contribution is -2.55. The number of benzene rings is 1. The third kappa shape index (κ3) is 4.01. The topological polar surface area (TPSA) is 106 Å². The van der Waals surface area contributed by atoms with Crippen LogP contribution < -0.4 is 10.9 Å². The van der Waals surface area contributed by atoms with Crippen molar-refractivity contribution in [1.82, 2.24) is 10.3 Å². The summed E-state index contributed by atoms with van der Waals surface area (Å²) in [6.45, 7) is 2.95. The number of rotatable bonds is 4. The van der Waals surface area contributed by atoms with Crippen molar-refractivity contribution < 1.29 is 18.3 Å². The summed E-state index contributed by atoms with van der Waals surface area (Å²) in [5.74, 6) is -1.78. The van der Waals surface area contributed by atoms with Gasteiger partial charge in [-0.15, -0.1) is 0 Å². The fraction of sp³-hybridized carbons (Fsp3) is 0.450. The minimum absolute atomic E-state index is 0.0666. The Labute approximate surface area is 165 Å². The van der Waals surface area contributed by atoms with Crippen molar-refractivity contribution >= 4 is 16.8 Å². The van der Waals surface area contributed by atoms with E-state index in [1.54, 1.807) is 13.0 Å². The van der Waals surface area contributed by atoms with Crippen molar-refractivity contribution in [2.75, 3.05) is 6.54 Å². The maximum Gasteiger partial charge on any atom is 0.252 e. The molecule has 1 aromatic carbocycles. The summed E-state index contributed by atoms with van der Waals surface area (Å²) in [4.78, 5) is 39.5. The quantitative estimate of drug-likeness (QED) is 0.762. The zero-order valence-electron chi connectivity index (χ0n) is 16.0. The number of amides is 1. The number of halogens is 2. The van der Waals surface area contributed by atoms with E-state index in [9.17, 15) is 23.3 Å². The van der Waals surface area contributed by atoms with Crippen LogP contribution in [-0.2, 0) is 11.2 Å². The second kappa shape index (κ2) is 8.07. The molecular formula is C20H21F2N4O3+. The van der Waals surface area contributed by atoms with E-state index >= 15 is 0 Å². The monoisotopic (exact) mass is 403 g/mol. The molecule has 3 rings (SSSR count). The second-order valence-electron chi connectivity index (χ2n) is 7.42. The van der Waals surface area contributed by atoms with E-state index in [1.807, 2.05) is 6.07 Å². The number of alkyl halides is 1. The Kier molecular flexibility index (Phi) is 5.73. The molecule has 7 nitrogen and oxygen atoms in total. The standard InChI is InChI=1S/C20H20F2N4O3/c1-10-13(20(28)25-16-5-3-4-14(21)18(10)16)7-17(27)24-11(2)19-15(22)6-12(8-23)9-26(19)29/h3-5,11-12,15,19H,6-7,9H2,1-2H3,(H-,24,25,27,28)/p+1/t11-,12?,15?,19?/m1/s1. The van der Waals surface area contributed by atoms with Crippen LogP contribution in [-0.4, -0.2) is 40.5 Å². The highest BCUT2D eigenvalue weighted by Gasteiger charge is 2.47. The molecule has 4 atom stereocenters. The highest BCUT2D eigenvalue weighted by atomic mass is 19.1. The van der Waals surface area contributed by atoms with Crippen LogP contribution in [0.2, 0.25) is 0 Å². The minimum atomic E-state index is -1.55. The summed E-state index contributed by atoms with van der Waals surface area (Å²) >= 11 is 0. The van der Waals surface area contributed by atoms with E-state index in [-0.39, 0.29) is 30.3 Å². The molecule has 29 heavy (non-hydrogen) atoms. The average Bonchev–Trinajstić information content (AvgIpc) is 2.64. The number of fused-ring (bicyclic) bond motifs is 1. The van der Waals surface area contributed by atoms with Gasteiger partial charge in [0.05, 0.1) is 24.0 Å². The van der Waals surface area contributed by atoms with Gasteiger partial charge in [-0.3, -0.25) is 9.59 Å². The van der Waals surface area contributed by atoms with Gasteiger partial charge in [0.25, 0.3) is 11.6 Å². The summed E-state index contributed by atoms with van der Waals surface area (Å²) in [7, 11) is 0. The van der Waals surface area contributed by atoms with Gasteiger partial charge in [0.2, 0.25) is 12.5 Å². The zero-order valence-corrected chi connectivity index (χ0v) is 16.0. The zero-order chi connectivity index (χ0) is 21.3. The fourth-order valence-electron chi connectivity index (χ4n) is 3.95. The van der Waals surface area contributed by atoms with Crippen LogP contribution in [0.15, 0.2) is 23.0 Å². The molecule has 0 aliphatic carbocycles. The predicted molar refractivity (Wildman–Crippen MR) is 101 cm³/mol. The number of carbonyl (C=O) groups excluding carboxylic acids is 1. The van der Waals surface area contributed by atoms with E-state index in [0.29, 0.717) is 15.8 Å². The Morgan fingerprint density at radius 3 is 2.86 bits per heavy atom. The first-order valence-corrected chi connectivity index (χ1v) is 9.29. The lowest BCUT2D eigenvalue weighted by atomic mass is 9.90. The van der Waals surface area contributed by atoms with E-state index < -0.39 is 41.5 Å². The fourth-order valence-corrected chi connectivity index (χ4v) is 3.95. The summed E-state index contributed by atoms with van der Waals surface area (Å²) in [5, 5.41) is 11.7. The van der Waals surface area contributed by atoms with Gasteiger partial charge in [-0.25, -0.2) is 8.78 Å². The van der Waals surface area contributed by atoms with Crippen molar-refractivity contribution in [2.24, 2.45) is 5.92 Å². The number of nitriles is 1. The average molecular weight is 403 g/mol. The normalized spacial score (nSPS) is 22.9. The maximum atomic E-state index is 14.4. The van der Waals surface area contributed by atoms with Crippen LogP contribution in [0.1, 0.15) is 24.5 Å². The number of H-pyrrole nitrogens is 1. The Hall–Kier alpha value is -3.15. The molecule has 1 amide bonds. The first-order valence-electron chi connectivity index (χ1n) is 9.29. The number of hydrogen-bond acceptors (Lipinski definition) is 4. The SMILES string of the molecule is Cc1c(CC(=O)N[C@H](C)C2C(F)CC(C#N)C[N+]2=O)c(=O)[nH]c2cccc(F)c12. The molecule has 1 saturated heterocycles. The first-order chi connectivity index (χ1) is 13.7. The maximum absolute atomic E-state index is 14.4. The number of nitrogens with zero attached hydrogens (tertiary/aromatic N) is 2. The lowest BCUT2D eigenvalue weighted by molar-refractivity contribution is -0.610. The number of nitroso groups, excluding NO2 is 1. The number of nitrogens with one attached hydrogen (secondary N) is 2. The number of aromatic amines is 1. The molecule has 1 aliphatic rings. The Morgan fingerprint density at radius 2 is 2.21 bits per heavy atom. The molecule has 1 fully saturated rings. The number of piperidine rings is 1. The van der Waals surface area contributed by atoms with Gasteiger partial charge in [0, 0.05) is 27.0 Å². The van der Waals surface area contributed by atoms with Crippen LogP contribution in [0.25, 0.3) is 10.9 Å². The summed E-state index contributed by atoms with van der Waals surface area (Å²) in [6, 6.07) is 4.26. The minimum Gasteiger partial charge on any atom is -0.346 e. The number of aryl methyl sites for hydroxylation is 1. The Morgan fingerprint density at radius 1 is 1.48 bits per heavy atom. The highest BCUT2D eigenvalue weighted by molar-refractivity contribution is 5.86. The van der Waals surface area contributed by atoms with Crippen LogP contribution in [0.3, 0.4) is 0 Å². The van der Waals surface area contributed by atoms with Crippen LogP contribution >= 0.6 is 0 Å². The molecule has 2 heterocycles. The molecule has 0 radical (unpaired) electrons. The molecule has 9 heteroatoms. The molecular weight excluding hydrogens is 382 g/mol. The molecule has 0 saturated carbocycles. The van der Waals surface area contributed by atoms with Crippen molar-refractivity contribution in [2.45, 2.75) is 44.9 Å². The van der Waals surface area contributed by atoms with Crippen LogP contribution in [0, 0.1) is 34.9 Å². The van der Waals surface area contributed by atoms with Crippen molar-refractivity contribution in [3.8, 4) is 6.07 Å². The molecule has 1 aliphatic heterocycles. The Bertz CT molecular complexity index is 1080. The summed E-state index contributed by atoms with van der Waals surface area (Å²) in [6.07, 6.45) is -1.96. The van der Waals surface area contributed by atoms with Crippen LogP contribution in [0.5, 0.6) is 0 Å². The van der Waals surface area contributed by atoms with Gasteiger partial charge < -0.3 is 10.3 Å². The molecule has 2 aromatic rings. The van der Waals surface area contributed by atoms with Gasteiger partial charge in [-0.2, -0.15) is 5.26 Å². The molecule has 0 spiro atoms. The van der Waals surface area contributed by atoms with Crippen LogP contribution in [0.4, 0.5) is 8.78 Å². The lowest BCUT2D eigenvalue weighted by Gasteiger charge is -2.26. The molecule has 152 valence electrons. The summed E-state index contributed by atoms with van der Waals surface area (Å²) in [5.41, 5.74) is 0.289. The van der Waals surface area contributed by atoms with E-state index in [1.165, 1.54) is 19.1 Å². The van der Waals surface area contributed by atoms with Gasteiger partial charge in [-0.05, 0) is 31.5 Å². The van der Waals surface area contributed by atoms with Gasteiger partial charge in [0.15, 0.2) is 6.17 Å². The smallest absolute Gasteiger partial charge is 0.252 e. The highest BCUT2D eigenvalue weighted by Crippen LogP contribution is 2.24. The van der Waals surface area contributed by atoms with E-state index in [0.717, 1.165) is 0 Å². The first kappa shape index (κ1) is 20.6. The van der Waals surface area contributed by atoms with Crippen molar-refractivity contribution in [1.29, 1.82) is 5.26 Å². The van der Waals surface area contributed by atoms with Crippen molar-refractivity contribution in [3.05, 3.63) is 50.4 Å². The van der Waals surface area contributed by atoms with Gasteiger partial charge in [0.1, 0.15) is 11.7 Å². The molecule has 2 N–H and O–H groups in total.